The van der Waals surface area contributed by atoms with E-state index < -0.39 is 5.50 Å². The predicted octanol–water partition coefficient (Wildman–Crippen LogP) is 1.97. The lowest BCUT2D eigenvalue weighted by molar-refractivity contribution is -0.136. The molecular formula is C20H18ClN3O2. The Morgan fingerprint density at radius 1 is 1.31 bits per heavy atom. The lowest BCUT2D eigenvalue weighted by Gasteiger charge is -2.20. The molecule has 1 unspecified atom stereocenters. The number of carbonyl (C=O) groups is 1. The molecule has 0 saturated heterocycles. The summed E-state index contributed by atoms with van der Waals surface area (Å²) in [4.78, 5) is 14.5. The molecule has 2 aromatic rings. The molecule has 0 N–H and O–H groups in total. The van der Waals surface area contributed by atoms with Crippen molar-refractivity contribution in [3.63, 3.8) is 0 Å². The SMILES string of the molecule is CCOC(=O)C1=c2c(Cc3ccccc3)cc3c(c2N(C)C1Cl)C=NN=3. The van der Waals surface area contributed by atoms with Gasteiger partial charge in [0.25, 0.3) is 0 Å². The first kappa shape index (κ1) is 16.8. The molecule has 2 aliphatic rings. The second-order valence-corrected chi connectivity index (χ2v) is 6.69. The quantitative estimate of drug-likeness (QED) is 0.471. The summed E-state index contributed by atoms with van der Waals surface area (Å²) in [6.45, 7) is 2.10. The number of halogens is 1. The first-order valence-electron chi connectivity index (χ1n) is 8.51. The number of hydrogen-bond acceptors (Lipinski definition) is 5. The summed E-state index contributed by atoms with van der Waals surface area (Å²) in [6.07, 6.45) is 2.39. The maximum atomic E-state index is 12.6. The second-order valence-electron chi connectivity index (χ2n) is 6.28. The van der Waals surface area contributed by atoms with Gasteiger partial charge in [-0.2, -0.15) is 10.2 Å². The highest BCUT2D eigenvalue weighted by atomic mass is 35.5. The van der Waals surface area contributed by atoms with E-state index >= 15 is 0 Å². The number of esters is 1. The number of alkyl halides is 1. The van der Waals surface area contributed by atoms with Crippen molar-refractivity contribution in [3.05, 3.63) is 63.7 Å². The Hall–Kier alpha value is -2.66. The van der Waals surface area contributed by atoms with E-state index in [4.69, 9.17) is 16.3 Å². The van der Waals surface area contributed by atoms with Crippen molar-refractivity contribution >= 4 is 35.0 Å². The van der Waals surface area contributed by atoms with Gasteiger partial charge in [0.15, 0.2) is 0 Å². The minimum Gasteiger partial charge on any atom is -0.463 e. The van der Waals surface area contributed by atoms with Gasteiger partial charge in [-0.3, -0.25) is 0 Å². The van der Waals surface area contributed by atoms with Gasteiger partial charge in [-0.15, -0.1) is 0 Å². The number of benzene rings is 2. The molecule has 26 heavy (non-hydrogen) atoms. The third-order valence-corrected chi connectivity index (χ3v) is 5.20. The number of hydrogen-bond donors (Lipinski definition) is 0. The fourth-order valence-electron chi connectivity index (χ4n) is 3.54. The van der Waals surface area contributed by atoms with Crippen LogP contribution in [0, 0.1) is 0 Å². The minimum absolute atomic E-state index is 0.306. The Kier molecular flexibility index (Phi) is 4.24. The molecule has 4 rings (SSSR count). The Balaban J connectivity index is 2.00. The number of carbonyl (C=O) groups excluding carboxylic acids is 1. The topological polar surface area (TPSA) is 54.3 Å². The van der Waals surface area contributed by atoms with E-state index in [1.165, 1.54) is 0 Å². The Bertz CT molecular complexity index is 1030. The van der Waals surface area contributed by atoms with E-state index in [2.05, 4.69) is 22.3 Å². The monoisotopic (exact) mass is 367 g/mol. The lowest BCUT2D eigenvalue weighted by atomic mass is 9.97. The minimum atomic E-state index is -0.584. The normalized spacial score (nSPS) is 17.1. The number of nitrogens with zero attached hydrogens (tertiary/aromatic N) is 3. The van der Waals surface area contributed by atoms with Crippen LogP contribution in [-0.2, 0) is 16.0 Å². The summed E-state index contributed by atoms with van der Waals surface area (Å²) in [5.74, 6) is -0.376. The molecule has 0 spiro atoms. The molecule has 0 radical (unpaired) electrons. The van der Waals surface area contributed by atoms with Crippen LogP contribution in [0.4, 0.5) is 5.69 Å². The van der Waals surface area contributed by atoms with Crippen molar-refractivity contribution in [2.45, 2.75) is 18.8 Å². The molecule has 5 nitrogen and oxygen atoms in total. The summed E-state index contributed by atoms with van der Waals surface area (Å²) in [5.41, 5.74) is 3.83. The molecule has 132 valence electrons. The molecule has 0 amide bonds. The van der Waals surface area contributed by atoms with Gasteiger partial charge < -0.3 is 9.64 Å². The summed E-state index contributed by atoms with van der Waals surface area (Å²) >= 11 is 6.61. The predicted molar refractivity (Wildman–Crippen MR) is 102 cm³/mol. The Labute approximate surface area is 156 Å². The molecule has 0 saturated carbocycles. The zero-order chi connectivity index (χ0) is 18.3. The van der Waals surface area contributed by atoms with Crippen LogP contribution in [0.1, 0.15) is 23.6 Å². The standard InChI is InChI=1S/C20H18ClN3O2/c1-3-26-20(25)17-16-13(9-12-7-5-4-6-8-12)10-15-14(11-22-23-15)18(16)24(2)19(17)21/h4-8,10-11,19H,3,9H2,1-2H3. The molecule has 2 aliphatic heterocycles. The lowest BCUT2D eigenvalue weighted by Crippen LogP contribution is -2.28. The molecule has 1 atom stereocenters. The van der Waals surface area contributed by atoms with E-state index in [9.17, 15) is 4.79 Å². The zero-order valence-electron chi connectivity index (χ0n) is 14.6. The maximum Gasteiger partial charge on any atom is 0.338 e. The molecule has 2 heterocycles. The molecule has 0 bridgehead atoms. The molecular weight excluding hydrogens is 350 g/mol. The average Bonchev–Trinajstić information content (AvgIpc) is 3.19. The van der Waals surface area contributed by atoms with Crippen LogP contribution >= 0.6 is 11.6 Å². The zero-order valence-corrected chi connectivity index (χ0v) is 15.3. The van der Waals surface area contributed by atoms with Crippen LogP contribution in [0.15, 0.2) is 46.6 Å². The van der Waals surface area contributed by atoms with Gasteiger partial charge in [0.05, 0.1) is 29.4 Å². The second kappa shape index (κ2) is 6.57. The summed E-state index contributed by atoms with van der Waals surface area (Å²) in [5, 5.41) is 9.91. The van der Waals surface area contributed by atoms with Crippen LogP contribution < -0.4 is 15.5 Å². The number of rotatable bonds is 4. The maximum absolute atomic E-state index is 12.6. The third-order valence-electron chi connectivity index (χ3n) is 4.69. The van der Waals surface area contributed by atoms with E-state index in [1.807, 2.05) is 36.2 Å². The van der Waals surface area contributed by atoms with Crippen molar-refractivity contribution in [1.29, 1.82) is 0 Å². The highest BCUT2D eigenvalue weighted by Crippen LogP contribution is 2.30. The molecule has 0 aliphatic carbocycles. The van der Waals surface area contributed by atoms with Gasteiger partial charge >= 0.3 is 5.97 Å². The number of fused-ring (bicyclic) bond motifs is 3. The Morgan fingerprint density at radius 3 is 2.81 bits per heavy atom. The summed E-state index contributed by atoms with van der Waals surface area (Å²) in [6, 6.07) is 12.1. The first-order chi connectivity index (χ1) is 12.6. The van der Waals surface area contributed by atoms with Gasteiger partial charge in [-0.25, -0.2) is 4.79 Å². The molecule has 6 heteroatoms. The summed E-state index contributed by atoms with van der Waals surface area (Å²) in [7, 11) is 1.88. The third kappa shape index (κ3) is 2.59. The van der Waals surface area contributed by atoms with Gasteiger partial charge in [-0.1, -0.05) is 41.9 Å². The van der Waals surface area contributed by atoms with E-state index in [0.29, 0.717) is 18.6 Å². The smallest absolute Gasteiger partial charge is 0.338 e. The van der Waals surface area contributed by atoms with Crippen molar-refractivity contribution in [1.82, 2.24) is 0 Å². The number of anilines is 1. The fraction of sp³-hybridized carbons (Fsp3) is 0.250. The molecule has 0 aromatic heterocycles. The van der Waals surface area contributed by atoms with E-state index in [0.717, 1.165) is 33.0 Å². The van der Waals surface area contributed by atoms with E-state index in [-0.39, 0.29) is 5.97 Å². The molecule has 2 aromatic carbocycles. The highest BCUT2D eigenvalue weighted by Gasteiger charge is 2.35. The Morgan fingerprint density at radius 2 is 2.08 bits per heavy atom. The van der Waals surface area contributed by atoms with Crippen LogP contribution in [0.5, 0.6) is 0 Å². The van der Waals surface area contributed by atoms with Gasteiger partial charge in [0.2, 0.25) is 0 Å². The van der Waals surface area contributed by atoms with Crippen molar-refractivity contribution < 1.29 is 9.53 Å². The first-order valence-corrected chi connectivity index (χ1v) is 8.94. The van der Waals surface area contributed by atoms with Crippen LogP contribution in [0.3, 0.4) is 0 Å². The van der Waals surface area contributed by atoms with Crippen LogP contribution in [0.25, 0.3) is 5.57 Å². The molecule has 0 fully saturated rings. The summed E-state index contributed by atoms with van der Waals surface area (Å²) < 4.78 is 5.28. The highest BCUT2D eigenvalue weighted by molar-refractivity contribution is 6.35. The largest absolute Gasteiger partial charge is 0.463 e. The fourth-order valence-corrected chi connectivity index (χ4v) is 3.83. The van der Waals surface area contributed by atoms with Crippen LogP contribution in [-0.4, -0.2) is 31.3 Å². The van der Waals surface area contributed by atoms with Crippen molar-refractivity contribution in [3.8, 4) is 0 Å². The van der Waals surface area contributed by atoms with Gasteiger partial charge in [0, 0.05) is 17.8 Å². The van der Waals surface area contributed by atoms with Crippen molar-refractivity contribution in [2.75, 3.05) is 18.6 Å². The van der Waals surface area contributed by atoms with Gasteiger partial charge in [0.1, 0.15) is 5.50 Å². The van der Waals surface area contributed by atoms with E-state index in [1.54, 1.807) is 13.1 Å². The van der Waals surface area contributed by atoms with Crippen molar-refractivity contribution in [2.24, 2.45) is 10.2 Å². The number of ether oxygens (including phenoxy) is 1. The van der Waals surface area contributed by atoms with Gasteiger partial charge in [-0.05, 0) is 30.5 Å². The average molecular weight is 368 g/mol. The van der Waals surface area contributed by atoms with Crippen LogP contribution in [0.2, 0.25) is 0 Å².